The van der Waals surface area contributed by atoms with E-state index in [1.165, 1.54) is 18.2 Å². The number of nitrogens with one attached hydrogen (secondary N) is 1. The molecule has 5 nitrogen and oxygen atoms in total. The molecular weight excluding hydrogens is 500 g/mol. The predicted molar refractivity (Wildman–Crippen MR) is 123 cm³/mol. The van der Waals surface area contributed by atoms with Gasteiger partial charge in [-0.2, -0.15) is 13.2 Å². The lowest BCUT2D eigenvalue weighted by Crippen LogP contribution is -2.42. The van der Waals surface area contributed by atoms with Crippen LogP contribution in [0.2, 0.25) is 10.0 Å². The molecule has 11 heteroatoms. The Labute approximate surface area is 201 Å². The maximum Gasteiger partial charge on any atom is 0.435 e. The molecule has 0 spiro atoms. The van der Waals surface area contributed by atoms with Gasteiger partial charge in [0.15, 0.2) is 0 Å². The standard InChI is InChI=1S/C22H21Cl2F3N2O3S/c1-12-6-14(4-5-18(12)20(30)28-11-13(2)33(3)31)19-10-21(32-29-19,22(25,26)27)15-7-16(23)9-17(24)8-15/h4-9,13H,10-11H2,1-3H3,(H,28,30). The zero-order chi connectivity index (χ0) is 24.6. The second-order valence-corrected chi connectivity index (χ2v) is 10.5. The summed E-state index contributed by atoms with van der Waals surface area (Å²) in [4.78, 5) is 17.5. The van der Waals surface area contributed by atoms with Crippen LogP contribution in [-0.4, -0.2) is 40.1 Å². The minimum Gasteiger partial charge on any atom is -0.374 e. The molecule has 1 amide bonds. The Morgan fingerprint density at radius 1 is 1.24 bits per heavy atom. The molecule has 0 aliphatic carbocycles. The molecule has 1 N–H and O–H groups in total. The average molecular weight is 521 g/mol. The number of rotatable bonds is 6. The summed E-state index contributed by atoms with van der Waals surface area (Å²) in [5.41, 5.74) is -1.60. The fourth-order valence-corrected chi connectivity index (χ4v) is 4.24. The van der Waals surface area contributed by atoms with Crippen molar-refractivity contribution in [1.29, 1.82) is 0 Å². The van der Waals surface area contributed by atoms with Gasteiger partial charge in [0.25, 0.3) is 11.5 Å². The van der Waals surface area contributed by atoms with Crippen molar-refractivity contribution in [3.05, 3.63) is 68.7 Å². The van der Waals surface area contributed by atoms with Crippen molar-refractivity contribution in [1.82, 2.24) is 5.32 Å². The fourth-order valence-electron chi connectivity index (χ4n) is 3.39. The molecule has 178 valence electrons. The molecular formula is C22H21Cl2F3N2O3S. The zero-order valence-corrected chi connectivity index (χ0v) is 20.3. The van der Waals surface area contributed by atoms with Crippen LogP contribution in [0.15, 0.2) is 41.6 Å². The van der Waals surface area contributed by atoms with Crippen molar-refractivity contribution in [2.45, 2.75) is 37.3 Å². The first-order valence-electron chi connectivity index (χ1n) is 9.84. The highest BCUT2D eigenvalue weighted by atomic mass is 35.5. The number of carbonyl (C=O) groups is 1. The highest BCUT2D eigenvalue weighted by Gasteiger charge is 2.62. The van der Waals surface area contributed by atoms with Gasteiger partial charge in [-0.15, -0.1) is 0 Å². The zero-order valence-electron chi connectivity index (χ0n) is 17.9. The summed E-state index contributed by atoms with van der Waals surface area (Å²) in [5.74, 6) is -0.362. The predicted octanol–water partition coefficient (Wildman–Crippen LogP) is 5.38. The monoisotopic (exact) mass is 520 g/mol. The molecule has 3 rings (SSSR count). The van der Waals surface area contributed by atoms with Gasteiger partial charge in [-0.1, -0.05) is 34.4 Å². The van der Waals surface area contributed by atoms with E-state index >= 15 is 0 Å². The number of aryl methyl sites for hydroxylation is 1. The lowest BCUT2D eigenvalue weighted by atomic mass is 9.86. The molecule has 1 aliphatic rings. The molecule has 0 saturated heterocycles. The van der Waals surface area contributed by atoms with Crippen LogP contribution in [0.3, 0.4) is 0 Å². The number of amides is 1. The molecule has 3 unspecified atom stereocenters. The second-order valence-electron chi connectivity index (χ2n) is 7.84. The molecule has 3 atom stereocenters. The number of nitrogens with zero attached hydrogens (tertiary/aromatic N) is 1. The van der Waals surface area contributed by atoms with Crippen LogP contribution in [0.1, 0.15) is 40.4 Å². The number of hydrogen-bond donors (Lipinski definition) is 1. The Bertz CT molecular complexity index is 1120. The van der Waals surface area contributed by atoms with Crippen LogP contribution in [0.25, 0.3) is 0 Å². The second kappa shape index (κ2) is 9.64. The normalized spacial score (nSPS) is 20.1. The van der Waals surface area contributed by atoms with Gasteiger partial charge in [0, 0.05) is 56.4 Å². The topological polar surface area (TPSA) is 67.8 Å². The average Bonchev–Trinajstić information content (AvgIpc) is 3.18. The fraction of sp³-hybridized carbons (Fsp3) is 0.364. The van der Waals surface area contributed by atoms with Gasteiger partial charge < -0.3 is 10.2 Å². The van der Waals surface area contributed by atoms with Crippen LogP contribution in [0.5, 0.6) is 0 Å². The SMILES string of the molecule is Cc1cc(C2=NOC(c3cc(Cl)cc(Cl)c3)(C(F)(F)F)C2)ccc1C(=O)NCC(C)S(C)=O. The summed E-state index contributed by atoms with van der Waals surface area (Å²) in [5, 5.41) is 6.33. The summed E-state index contributed by atoms with van der Waals surface area (Å²) < 4.78 is 53.9. The van der Waals surface area contributed by atoms with E-state index in [4.69, 9.17) is 28.0 Å². The van der Waals surface area contributed by atoms with Gasteiger partial charge in [-0.25, -0.2) is 0 Å². The Hall–Kier alpha value is -2.10. The van der Waals surface area contributed by atoms with Gasteiger partial charge in [-0.05, 0) is 55.3 Å². The molecule has 33 heavy (non-hydrogen) atoms. The summed E-state index contributed by atoms with van der Waals surface area (Å²) >= 11 is 11.8. The largest absolute Gasteiger partial charge is 0.435 e. The molecule has 2 aromatic rings. The third-order valence-corrected chi connectivity index (χ3v) is 7.17. The molecule has 0 bridgehead atoms. The molecule has 0 radical (unpaired) electrons. The smallest absolute Gasteiger partial charge is 0.374 e. The van der Waals surface area contributed by atoms with Gasteiger partial charge in [0.2, 0.25) is 0 Å². The molecule has 0 aromatic heterocycles. The summed E-state index contributed by atoms with van der Waals surface area (Å²) in [6.07, 6.45) is -3.82. The molecule has 0 fully saturated rings. The maximum atomic E-state index is 14.2. The van der Waals surface area contributed by atoms with Crippen molar-refractivity contribution in [3.8, 4) is 0 Å². The number of hydrogen-bond acceptors (Lipinski definition) is 4. The minimum atomic E-state index is -4.79. The Kier molecular flexibility index (Phi) is 7.45. The Morgan fingerprint density at radius 2 is 1.88 bits per heavy atom. The van der Waals surface area contributed by atoms with Gasteiger partial charge >= 0.3 is 6.18 Å². The van der Waals surface area contributed by atoms with E-state index < -0.39 is 29.0 Å². The van der Waals surface area contributed by atoms with Crippen molar-refractivity contribution < 1.29 is 27.0 Å². The summed E-state index contributed by atoms with van der Waals surface area (Å²) in [6.45, 7) is 3.66. The molecule has 1 heterocycles. The number of carbonyl (C=O) groups excluding carboxylic acids is 1. The highest BCUT2D eigenvalue weighted by Crippen LogP contribution is 2.49. The van der Waals surface area contributed by atoms with E-state index in [1.54, 1.807) is 26.2 Å². The lowest BCUT2D eigenvalue weighted by Gasteiger charge is -2.29. The van der Waals surface area contributed by atoms with E-state index in [0.717, 1.165) is 12.1 Å². The molecule has 2 aromatic carbocycles. The molecule has 1 aliphatic heterocycles. The number of halogens is 5. The van der Waals surface area contributed by atoms with Crippen LogP contribution >= 0.6 is 23.2 Å². The quantitative estimate of drug-likeness (QED) is 0.555. The molecule has 0 saturated carbocycles. The number of alkyl halides is 3. The van der Waals surface area contributed by atoms with Crippen molar-refractivity contribution in [2.24, 2.45) is 5.16 Å². The van der Waals surface area contributed by atoms with Crippen molar-refractivity contribution in [3.63, 3.8) is 0 Å². The maximum absolute atomic E-state index is 14.2. The third kappa shape index (κ3) is 5.36. The van der Waals surface area contributed by atoms with Gasteiger partial charge in [0.05, 0.1) is 5.71 Å². The van der Waals surface area contributed by atoms with Gasteiger partial charge in [0.1, 0.15) is 0 Å². The van der Waals surface area contributed by atoms with E-state index in [0.29, 0.717) is 16.7 Å². The summed E-state index contributed by atoms with van der Waals surface area (Å²) in [7, 11) is -1.08. The highest BCUT2D eigenvalue weighted by molar-refractivity contribution is 7.84. The van der Waals surface area contributed by atoms with Crippen LogP contribution < -0.4 is 5.32 Å². The van der Waals surface area contributed by atoms with Crippen molar-refractivity contribution >= 4 is 45.6 Å². The van der Waals surface area contributed by atoms with Crippen LogP contribution in [0.4, 0.5) is 13.2 Å². The van der Waals surface area contributed by atoms with E-state index in [-0.39, 0.29) is 39.0 Å². The Balaban J connectivity index is 1.85. The minimum absolute atomic E-state index is 0.0469. The first-order valence-corrected chi connectivity index (χ1v) is 12.2. The van der Waals surface area contributed by atoms with E-state index in [1.807, 2.05) is 0 Å². The first kappa shape index (κ1) is 25.5. The first-order chi connectivity index (χ1) is 15.3. The number of oxime groups is 1. The Morgan fingerprint density at radius 3 is 2.42 bits per heavy atom. The van der Waals surface area contributed by atoms with E-state index in [9.17, 15) is 22.2 Å². The van der Waals surface area contributed by atoms with Gasteiger partial charge in [-0.3, -0.25) is 9.00 Å². The number of benzene rings is 2. The summed E-state index contributed by atoms with van der Waals surface area (Å²) in [6, 6.07) is 8.25. The third-order valence-electron chi connectivity index (χ3n) is 5.44. The van der Waals surface area contributed by atoms with Crippen LogP contribution in [0, 0.1) is 6.92 Å². The lowest BCUT2D eigenvalue weighted by molar-refractivity contribution is -0.275. The van der Waals surface area contributed by atoms with Crippen molar-refractivity contribution in [2.75, 3.05) is 12.8 Å². The van der Waals surface area contributed by atoms with Crippen LogP contribution in [-0.2, 0) is 21.2 Å². The van der Waals surface area contributed by atoms with E-state index in [2.05, 4.69) is 10.5 Å².